The Labute approximate surface area is 130 Å². The minimum absolute atomic E-state index is 0.0231. The van der Waals surface area contributed by atoms with Gasteiger partial charge in [0.05, 0.1) is 13.2 Å². The summed E-state index contributed by atoms with van der Waals surface area (Å²) in [6.07, 6.45) is 0.372. The summed E-state index contributed by atoms with van der Waals surface area (Å²) in [5, 5.41) is 12.3. The number of carboxylic acids is 1. The van der Waals surface area contributed by atoms with Gasteiger partial charge in [-0.3, -0.25) is 9.59 Å². The number of benzene rings is 1. The highest BCUT2D eigenvalue weighted by atomic mass is 16.5. The van der Waals surface area contributed by atoms with E-state index in [2.05, 4.69) is 5.32 Å². The average Bonchev–Trinajstić information content (AvgIpc) is 2.53. The number of aliphatic carboxylic acids is 1. The number of ether oxygens (including phenoxy) is 2. The van der Waals surface area contributed by atoms with Crippen LogP contribution in [0.5, 0.6) is 0 Å². The molecule has 0 radical (unpaired) electrons. The Morgan fingerprint density at radius 1 is 1.23 bits per heavy atom. The van der Waals surface area contributed by atoms with E-state index in [1.807, 2.05) is 6.07 Å². The Bertz CT molecular complexity index is 477. The summed E-state index contributed by atoms with van der Waals surface area (Å²) in [6.45, 7) is 2.43. The lowest BCUT2D eigenvalue weighted by Gasteiger charge is -2.29. The quantitative estimate of drug-likeness (QED) is 0.634. The molecule has 0 aliphatic carbocycles. The second-order valence-corrected chi connectivity index (χ2v) is 4.93. The van der Waals surface area contributed by atoms with E-state index in [1.165, 1.54) is 0 Å². The SMILES string of the molecule is CCC(CNC(=O)COCCOC)(C(=O)O)c1ccccc1. The minimum atomic E-state index is -1.14. The second kappa shape index (κ2) is 9.17. The molecule has 0 aliphatic heterocycles. The molecule has 0 saturated carbocycles. The van der Waals surface area contributed by atoms with Crippen LogP contribution in [0.2, 0.25) is 0 Å². The van der Waals surface area contributed by atoms with Gasteiger partial charge in [0.1, 0.15) is 12.0 Å². The van der Waals surface area contributed by atoms with Crippen LogP contribution < -0.4 is 5.32 Å². The number of carboxylic acid groups (broad SMARTS) is 1. The van der Waals surface area contributed by atoms with Gasteiger partial charge < -0.3 is 19.9 Å². The Hall–Kier alpha value is -1.92. The van der Waals surface area contributed by atoms with Gasteiger partial charge >= 0.3 is 5.97 Å². The van der Waals surface area contributed by atoms with E-state index in [4.69, 9.17) is 9.47 Å². The van der Waals surface area contributed by atoms with E-state index >= 15 is 0 Å². The highest BCUT2D eigenvalue weighted by Crippen LogP contribution is 2.27. The van der Waals surface area contributed by atoms with Gasteiger partial charge in [-0.1, -0.05) is 37.3 Å². The van der Waals surface area contributed by atoms with E-state index in [0.717, 1.165) is 0 Å². The van der Waals surface area contributed by atoms with Crippen LogP contribution >= 0.6 is 0 Å². The van der Waals surface area contributed by atoms with Crippen molar-refractivity contribution in [2.75, 3.05) is 33.5 Å². The lowest BCUT2D eigenvalue weighted by atomic mass is 9.78. The molecule has 0 aromatic heterocycles. The third-order valence-electron chi connectivity index (χ3n) is 3.59. The summed E-state index contributed by atoms with van der Waals surface area (Å²) in [5.74, 6) is -1.30. The van der Waals surface area contributed by atoms with Crippen LogP contribution in [0, 0.1) is 0 Å². The Balaban J connectivity index is 2.67. The predicted octanol–water partition coefficient (Wildman–Crippen LogP) is 1.20. The zero-order valence-electron chi connectivity index (χ0n) is 13.0. The van der Waals surface area contributed by atoms with Crippen molar-refractivity contribution in [2.24, 2.45) is 0 Å². The minimum Gasteiger partial charge on any atom is -0.481 e. The van der Waals surface area contributed by atoms with E-state index in [9.17, 15) is 14.7 Å². The van der Waals surface area contributed by atoms with Crippen LogP contribution in [-0.4, -0.2) is 50.5 Å². The van der Waals surface area contributed by atoms with E-state index in [-0.39, 0.29) is 19.1 Å². The molecule has 0 spiro atoms. The van der Waals surface area contributed by atoms with Crippen molar-refractivity contribution >= 4 is 11.9 Å². The van der Waals surface area contributed by atoms with Crippen LogP contribution in [-0.2, 0) is 24.5 Å². The smallest absolute Gasteiger partial charge is 0.315 e. The molecule has 6 heteroatoms. The maximum atomic E-state index is 11.8. The summed E-state index contributed by atoms with van der Waals surface area (Å²) in [5.41, 5.74) is -0.464. The molecule has 6 nitrogen and oxygen atoms in total. The van der Waals surface area contributed by atoms with Gasteiger partial charge in [-0.15, -0.1) is 0 Å². The van der Waals surface area contributed by atoms with Crippen molar-refractivity contribution < 1.29 is 24.2 Å². The van der Waals surface area contributed by atoms with Gasteiger partial charge in [0.15, 0.2) is 0 Å². The van der Waals surface area contributed by atoms with Gasteiger partial charge in [0.2, 0.25) is 5.91 Å². The molecule has 0 saturated heterocycles. The molecule has 1 rings (SSSR count). The highest BCUT2D eigenvalue weighted by Gasteiger charge is 2.38. The lowest BCUT2D eigenvalue weighted by Crippen LogP contribution is -2.47. The second-order valence-electron chi connectivity index (χ2n) is 4.93. The molecule has 22 heavy (non-hydrogen) atoms. The van der Waals surface area contributed by atoms with Gasteiger partial charge in [0, 0.05) is 13.7 Å². The van der Waals surface area contributed by atoms with Gasteiger partial charge in [0.25, 0.3) is 0 Å². The summed E-state index contributed by atoms with van der Waals surface area (Å²) in [6, 6.07) is 8.93. The summed E-state index contributed by atoms with van der Waals surface area (Å²) in [7, 11) is 1.55. The van der Waals surface area contributed by atoms with Gasteiger partial charge in [-0.2, -0.15) is 0 Å². The monoisotopic (exact) mass is 309 g/mol. The van der Waals surface area contributed by atoms with Crippen LogP contribution in [0.3, 0.4) is 0 Å². The first kappa shape index (κ1) is 18.1. The lowest BCUT2D eigenvalue weighted by molar-refractivity contribution is -0.144. The van der Waals surface area contributed by atoms with Crippen molar-refractivity contribution in [2.45, 2.75) is 18.8 Å². The largest absolute Gasteiger partial charge is 0.481 e. The molecule has 122 valence electrons. The summed E-state index contributed by atoms with van der Waals surface area (Å²) in [4.78, 5) is 23.5. The fourth-order valence-electron chi connectivity index (χ4n) is 2.15. The molecule has 0 aliphatic rings. The Kier molecular flexibility index (Phi) is 7.56. The summed E-state index contributed by atoms with van der Waals surface area (Å²) >= 11 is 0. The number of hydrogen-bond donors (Lipinski definition) is 2. The molecule has 0 bridgehead atoms. The topological polar surface area (TPSA) is 84.9 Å². The normalized spacial score (nSPS) is 13.4. The molecule has 1 aromatic carbocycles. The zero-order chi connectivity index (χ0) is 16.4. The third-order valence-corrected chi connectivity index (χ3v) is 3.59. The fourth-order valence-corrected chi connectivity index (χ4v) is 2.15. The number of carbonyl (C=O) groups excluding carboxylic acids is 1. The molecule has 1 atom stereocenters. The van der Waals surface area contributed by atoms with Crippen LogP contribution in [0.25, 0.3) is 0 Å². The number of amides is 1. The van der Waals surface area contributed by atoms with Crippen molar-refractivity contribution in [3.63, 3.8) is 0 Å². The van der Waals surface area contributed by atoms with Crippen molar-refractivity contribution in [3.8, 4) is 0 Å². The molecule has 1 amide bonds. The number of rotatable bonds is 10. The molecule has 2 N–H and O–H groups in total. The van der Waals surface area contributed by atoms with Crippen LogP contribution in [0.15, 0.2) is 30.3 Å². The number of carbonyl (C=O) groups is 2. The van der Waals surface area contributed by atoms with Crippen LogP contribution in [0.1, 0.15) is 18.9 Å². The standard InChI is InChI=1S/C16H23NO5/c1-3-16(15(19)20,13-7-5-4-6-8-13)12-17-14(18)11-22-10-9-21-2/h4-8H,3,9-12H2,1-2H3,(H,17,18)(H,19,20). The maximum absolute atomic E-state index is 11.8. The Morgan fingerprint density at radius 2 is 1.91 bits per heavy atom. The molecule has 1 unspecified atom stereocenters. The fraction of sp³-hybridized carbons (Fsp3) is 0.500. The van der Waals surface area contributed by atoms with E-state index < -0.39 is 11.4 Å². The van der Waals surface area contributed by atoms with Gasteiger partial charge in [-0.25, -0.2) is 0 Å². The number of nitrogens with one attached hydrogen (secondary N) is 1. The van der Waals surface area contributed by atoms with Gasteiger partial charge in [-0.05, 0) is 12.0 Å². The first-order chi connectivity index (χ1) is 10.6. The number of hydrogen-bond acceptors (Lipinski definition) is 4. The third kappa shape index (κ3) is 4.82. The summed E-state index contributed by atoms with van der Waals surface area (Å²) < 4.78 is 9.93. The number of methoxy groups -OCH3 is 1. The average molecular weight is 309 g/mol. The predicted molar refractivity (Wildman–Crippen MR) is 81.8 cm³/mol. The molecule has 0 heterocycles. The van der Waals surface area contributed by atoms with Crippen molar-refractivity contribution in [3.05, 3.63) is 35.9 Å². The molecular weight excluding hydrogens is 286 g/mol. The maximum Gasteiger partial charge on any atom is 0.315 e. The molecule has 1 aromatic rings. The molecular formula is C16H23NO5. The first-order valence-corrected chi connectivity index (χ1v) is 7.19. The zero-order valence-corrected chi connectivity index (χ0v) is 13.0. The highest BCUT2D eigenvalue weighted by molar-refractivity contribution is 5.84. The van der Waals surface area contributed by atoms with E-state index in [1.54, 1.807) is 38.3 Å². The first-order valence-electron chi connectivity index (χ1n) is 7.19. The van der Waals surface area contributed by atoms with Crippen molar-refractivity contribution in [1.82, 2.24) is 5.32 Å². The van der Waals surface area contributed by atoms with Crippen molar-refractivity contribution in [1.29, 1.82) is 0 Å². The van der Waals surface area contributed by atoms with E-state index in [0.29, 0.717) is 25.2 Å². The molecule has 0 fully saturated rings. The van der Waals surface area contributed by atoms with Crippen LogP contribution in [0.4, 0.5) is 0 Å². The Morgan fingerprint density at radius 3 is 2.45 bits per heavy atom.